The lowest BCUT2D eigenvalue weighted by Crippen LogP contribution is -2.42. The molecule has 2 heterocycles. The zero-order valence-corrected chi connectivity index (χ0v) is 13.0. The van der Waals surface area contributed by atoms with Crippen LogP contribution < -0.4 is 11.1 Å². The molecule has 2 aliphatic rings. The molecule has 0 amide bonds. The van der Waals surface area contributed by atoms with Crippen LogP contribution in [0.15, 0.2) is 4.99 Å². The minimum Gasteiger partial charge on any atom is -0.370 e. The van der Waals surface area contributed by atoms with E-state index in [1.807, 2.05) is 0 Å². The summed E-state index contributed by atoms with van der Waals surface area (Å²) < 4.78 is 22.7. The molecule has 0 radical (unpaired) electrons. The van der Waals surface area contributed by atoms with Gasteiger partial charge in [-0.3, -0.25) is 9.89 Å². The van der Waals surface area contributed by atoms with Gasteiger partial charge in [-0.2, -0.15) is 0 Å². The van der Waals surface area contributed by atoms with Gasteiger partial charge in [0.05, 0.1) is 11.5 Å². The summed E-state index contributed by atoms with van der Waals surface area (Å²) in [5.41, 5.74) is 5.86. The van der Waals surface area contributed by atoms with Crippen LogP contribution in [0.5, 0.6) is 0 Å². The van der Waals surface area contributed by atoms with Crippen LogP contribution in [0.4, 0.5) is 0 Å². The van der Waals surface area contributed by atoms with E-state index in [0.29, 0.717) is 30.7 Å². The number of sulfone groups is 1. The van der Waals surface area contributed by atoms with E-state index < -0.39 is 9.84 Å². The summed E-state index contributed by atoms with van der Waals surface area (Å²) in [7, 11) is -2.82. The first-order valence-corrected chi connectivity index (χ1v) is 9.30. The third-order valence-corrected chi connectivity index (χ3v) is 6.11. The smallest absolute Gasteiger partial charge is 0.188 e. The van der Waals surface area contributed by atoms with Crippen molar-refractivity contribution >= 4 is 15.8 Å². The van der Waals surface area contributed by atoms with E-state index in [1.165, 1.54) is 19.4 Å². The van der Waals surface area contributed by atoms with Crippen molar-refractivity contribution in [3.8, 4) is 0 Å². The number of guanidine groups is 1. The molecule has 2 saturated heterocycles. The molecule has 0 spiro atoms. The fraction of sp³-hybridized carbons (Fsp3) is 0.923. The van der Waals surface area contributed by atoms with Crippen molar-refractivity contribution in [2.75, 3.05) is 37.7 Å². The number of hydrogen-bond donors (Lipinski definition) is 2. The zero-order chi connectivity index (χ0) is 14.6. The molecule has 2 aliphatic heterocycles. The van der Waals surface area contributed by atoms with Crippen molar-refractivity contribution in [2.45, 2.75) is 32.2 Å². The van der Waals surface area contributed by atoms with Crippen molar-refractivity contribution in [2.24, 2.45) is 16.6 Å². The monoisotopic (exact) mass is 302 g/mol. The summed E-state index contributed by atoms with van der Waals surface area (Å²) in [5.74, 6) is 1.14. The maximum absolute atomic E-state index is 11.4. The molecule has 20 heavy (non-hydrogen) atoms. The van der Waals surface area contributed by atoms with Crippen LogP contribution in [-0.4, -0.2) is 63.0 Å². The van der Waals surface area contributed by atoms with Gasteiger partial charge in [-0.1, -0.05) is 6.92 Å². The van der Waals surface area contributed by atoms with Crippen LogP contribution in [0.1, 0.15) is 26.2 Å². The second-order valence-corrected chi connectivity index (χ2v) is 8.03. The lowest BCUT2D eigenvalue weighted by molar-refractivity contribution is 0.267. The molecule has 3 N–H and O–H groups in total. The molecule has 0 aliphatic carbocycles. The summed E-state index contributed by atoms with van der Waals surface area (Å²) in [6.07, 6.45) is 3.16. The highest BCUT2D eigenvalue weighted by Crippen LogP contribution is 2.18. The first kappa shape index (κ1) is 15.6. The molecule has 0 aromatic heterocycles. The Hall–Kier alpha value is -0.820. The number of likely N-dealkylation sites (tertiary alicyclic amines) is 1. The van der Waals surface area contributed by atoms with Gasteiger partial charge in [-0.05, 0) is 38.3 Å². The standard InChI is InChI=1S/C13H26N4O2S/c1-2-17-6-3-4-12(17)9-16-13(14)15-8-11-5-7-20(18,19)10-11/h11-12H,2-10H2,1H3,(H3,14,15,16). The van der Waals surface area contributed by atoms with Gasteiger partial charge in [0.1, 0.15) is 0 Å². The van der Waals surface area contributed by atoms with E-state index in [0.717, 1.165) is 13.1 Å². The van der Waals surface area contributed by atoms with E-state index in [1.54, 1.807) is 0 Å². The van der Waals surface area contributed by atoms with Crippen LogP contribution in [0, 0.1) is 5.92 Å². The Kier molecular flexibility index (Phi) is 5.26. The number of nitrogens with zero attached hydrogens (tertiary/aromatic N) is 2. The number of hydrogen-bond acceptors (Lipinski definition) is 4. The van der Waals surface area contributed by atoms with Crippen molar-refractivity contribution in [1.29, 1.82) is 0 Å². The van der Waals surface area contributed by atoms with E-state index >= 15 is 0 Å². The summed E-state index contributed by atoms with van der Waals surface area (Å²) in [6.45, 7) is 5.76. The summed E-state index contributed by atoms with van der Waals surface area (Å²) >= 11 is 0. The highest BCUT2D eigenvalue weighted by molar-refractivity contribution is 7.91. The third-order valence-electron chi connectivity index (χ3n) is 4.27. The Balaban J connectivity index is 1.72. The predicted octanol–water partition coefficient (Wildman–Crippen LogP) is -0.190. The van der Waals surface area contributed by atoms with Gasteiger partial charge in [0.25, 0.3) is 0 Å². The Labute approximate surface area is 121 Å². The number of nitrogens with one attached hydrogen (secondary N) is 1. The molecule has 0 saturated carbocycles. The van der Waals surface area contributed by atoms with Crippen LogP contribution in [-0.2, 0) is 9.84 Å². The molecule has 0 aromatic carbocycles. The molecule has 116 valence electrons. The maximum Gasteiger partial charge on any atom is 0.188 e. The van der Waals surface area contributed by atoms with Gasteiger partial charge >= 0.3 is 0 Å². The molecule has 6 nitrogen and oxygen atoms in total. The minimum atomic E-state index is -2.82. The Morgan fingerprint density at radius 2 is 2.25 bits per heavy atom. The minimum absolute atomic E-state index is 0.138. The van der Waals surface area contributed by atoms with Gasteiger partial charge in [-0.25, -0.2) is 8.42 Å². The van der Waals surface area contributed by atoms with Crippen LogP contribution in [0.3, 0.4) is 0 Å². The third kappa shape index (κ3) is 4.34. The highest BCUT2D eigenvalue weighted by atomic mass is 32.2. The first-order valence-electron chi connectivity index (χ1n) is 7.48. The molecule has 2 rings (SSSR count). The molecule has 2 unspecified atom stereocenters. The average molecular weight is 302 g/mol. The van der Waals surface area contributed by atoms with Crippen LogP contribution >= 0.6 is 0 Å². The van der Waals surface area contributed by atoms with Gasteiger partial charge in [0.2, 0.25) is 0 Å². The van der Waals surface area contributed by atoms with Gasteiger partial charge in [-0.15, -0.1) is 0 Å². The van der Waals surface area contributed by atoms with Crippen molar-refractivity contribution in [3.05, 3.63) is 0 Å². The number of rotatable bonds is 5. The Morgan fingerprint density at radius 1 is 1.45 bits per heavy atom. The second-order valence-electron chi connectivity index (χ2n) is 5.80. The average Bonchev–Trinajstić information content (AvgIpc) is 2.99. The number of aliphatic imine (C=N–C) groups is 1. The van der Waals surface area contributed by atoms with Gasteiger partial charge in [0, 0.05) is 19.1 Å². The fourth-order valence-electron chi connectivity index (χ4n) is 3.06. The summed E-state index contributed by atoms with van der Waals surface area (Å²) in [6, 6.07) is 0.542. The summed E-state index contributed by atoms with van der Waals surface area (Å²) in [5, 5.41) is 3.17. The lowest BCUT2D eigenvalue weighted by Gasteiger charge is -2.23. The van der Waals surface area contributed by atoms with Crippen LogP contribution in [0.25, 0.3) is 0 Å². The largest absolute Gasteiger partial charge is 0.370 e. The second kappa shape index (κ2) is 6.76. The maximum atomic E-state index is 11.4. The molecule has 0 bridgehead atoms. The lowest BCUT2D eigenvalue weighted by atomic mass is 10.1. The Bertz CT molecular complexity index is 449. The first-order chi connectivity index (χ1) is 9.50. The molecular weight excluding hydrogens is 276 g/mol. The number of nitrogens with two attached hydrogens (primary N) is 1. The Morgan fingerprint density at radius 3 is 2.90 bits per heavy atom. The van der Waals surface area contributed by atoms with E-state index in [-0.39, 0.29) is 11.7 Å². The SMILES string of the molecule is CCN1CCCC1CNC(N)=NCC1CCS(=O)(=O)C1. The quantitative estimate of drug-likeness (QED) is 0.543. The van der Waals surface area contributed by atoms with Gasteiger partial charge < -0.3 is 11.1 Å². The van der Waals surface area contributed by atoms with Crippen molar-refractivity contribution in [3.63, 3.8) is 0 Å². The molecule has 2 fully saturated rings. The molecular formula is C13H26N4O2S. The topological polar surface area (TPSA) is 87.8 Å². The molecule has 7 heteroatoms. The van der Waals surface area contributed by atoms with E-state index in [4.69, 9.17) is 5.73 Å². The number of likely N-dealkylation sites (N-methyl/N-ethyl adjacent to an activating group) is 1. The van der Waals surface area contributed by atoms with E-state index in [2.05, 4.69) is 22.1 Å². The predicted molar refractivity (Wildman–Crippen MR) is 81.5 cm³/mol. The fourth-order valence-corrected chi connectivity index (χ4v) is 4.91. The zero-order valence-electron chi connectivity index (χ0n) is 12.2. The van der Waals surface area contributed by atoms with Crippen molar-refractivity contribution in [1.82, 2.24) is 10.2 Å². The highest BCUT2D eigenvalue weighted by Gasteiger charge is 2.27. The normalized spacial score (nSPS) is 30.8. The summed E-state index contributed by atoms with van der Waals surface area (Å²) in [4.78, 5) is 6.73. The molecule has 0 aromatic rings. The van der Waals surface area contributed by atoms with Crippen molar-refractivity contribution < 1.29 is 8.42 Å². The van der Waals surface area contributed by atoms with Crippen LogP contribution in [0.2, 0.25) is 0 Å². The van der Waals surface area contributed by atoms with Gasteiger partial charge in [0.15, 0.2) is 15.8 Å². The van der Waals surface area contributed by atoms with E-state index in [9.17, 15) is 8.42 Å². The molecule has 2 atom stereocenters.